The van der Waals surface area contributed by atoms with Crippen molar-refractivity contribution in [3.8, 4) is 0 Å². The number of pyridine rings is 1. The average Bonchev–Trinajstić information content (AvgIpc) is 2.53. The van der Waals surface area contributed by atoms with Crippen LogP contribution in [0.5, 0.6) is 0 Å². The maximum Gasteiger partial charge on any atom is 0.252 e. The molecule has 2 heterocycles. The summed E-state index contributed by atoms with van der Waals surface area (Å²) in [6.45, 7) is 0. The Balaban J connectivity index is 2.31. The summed E-state index contributed by atoms with van der Waals surface area (Å²) in [5.41, 5.74) is 0.719. The Morgan fingerprint density at radius 1 is 1.50 bits per heavy atom. The molecule has 4 heteroatoms. The summed E-state index contributed by atoms with van der Waals surface area (Å²) in [6, 6.07) is 3.57. The molecule has 0 aliphatic carbocycles. The number of hydrazone groups is 1. The molecule has 0 radical (unpaired) electrons. The smallest absolute Gasteiger partial charge is 0.252 e. The lowest BCUT2D eigenvalue weighted by molar-refractivity contribution is -0.116. The molecule has 0 saturated heterocycles. The molecule has 1 aliphatic heterocycles. The fourth-order valence-electron chi connectivity index (χ4n) is 1.04. The van der Waals surface area contributed by atoms with E-state index in [0.29, 0.717) is 6.42 Å². The second-order valence-electron chi connectivity index (χ2n) is 2.42. The van der Waals surface area contributed by atoms with E-state index < -0.39 is 0 Å². The van der Waals surface area contributed by atoms with Crippen molar-refractivity contribution in [3.05, 3.63) is 24.5 Å². The normalized spacial score (nSPS) is 15.7. The highest BCUT2D eigenvalue weighted by Crippen LogP contribution is 2.15. The molecule has 1 aliphatic rings. The van der Waals surface area contributed by atoms with Gasteiger partial charge in [-0.05, 0) is 12.1 Å². The fourth-order valence-corrected chi connectivity index (χ4v) is 1.04. The van der Waals surface area contributed by atoms with Crippen molar-refractivity contribution in [1.29, 1.82) is 0 Å². The molecule has 0 fully saturated rings. The number of amides is 1. The first kappa shape index (κ1) is 6.97. The zero-order chi connectivity index (χ0) is 8.39. The monoisotopic (exact) mass is 161 g/mol. The van der Waals surface area contributed by atoms with Gasteiger partial charge in [0, 0.05) is 12.4 Å². The topological polar surface area (TPSA) is 45.6 Å². The van der Waals surface area contributed by atoms with E-state index in [9.17, 15) is 4.79 Å². The number of aromatic nitrogens is 1. The second-order valence-corrected chi connectivity index (χ2v) is 2.42. The zero-order valence-electron chi connectivity index (χ0n) is 6.34. The minimum atomic E-state index is -0.0111. The third-order valence-corrected chi connectivity index (χ3v) is 1.59. The van der Waals surface area contributed by atoms with Gasteiger partial charge >= 0.3 is 0 Å². The number of hydrogen-bond acceptors (Lipinski definition) is 3. The summed E-state index contributed by atoms with van der Waals surface area (Å²) >= 11 is 0. The van der Waals surface area contributed by atoms with Crippen molar-refractivity contribution in [2.45, 2.75) is 6.42 Å². The first-order valence-electron chi connectivity index (χ1n) is 3.63. The molecule has 0 bridgehead atoms. The highest BCUT2D eigenvalue weighted by molar-refractivity contribution is 6.05. The van der Waals surface area contributed by atoms with Crippen LogP contribution in [-0.2, 0) is 4.79 Å². The van der Waals surface area contributed by atoms with Crippen molar-refractivity contribution in [2.75, 3.05) is 5.01 Å². The van der Waals surface area contributed by atoms with Crippen molar-refractivity contribution in [3.63, 3.8) is 0 Å². The maximum absolute atomic E-state index is 11.1. The summed E-state index contributed by atoms with van der Waals surface area (Å²) in [6.07, 6.45) is 5.25. The molecule has 12 heavy (non-hydrogen) atoms. The summed E-state index contributed by atoms with van der Waals surface area (Å²) < 4.78 is 0. The highest BCUT2D eigenvalue weighted by atomic mass is 16.2. The van der Waals surface area contributed by atoms with E-state index in [0.717, 1.165) is 5.69 Å². The Morgan fingerprint density at radius 3 is 3.00 bits per heavy atom. The van der Waals surface area contributed by atoms with Gasteiger partial charge in [0.2, 0.25) is 0 Å². The minimum Gasteiger partial charge on any atom is -0.272 e. The van der Waals surface area contributed by atoms with Gasteiger partial charge < -0.3 is 0 Å². The lowest BCUT2D eigenvalue weighted by Gasteiger charge is -2.09. The second kappa shape index (κ2) is 2.73. The molecule has 0 saturated carbocycles. The minimum absolute atomic E-state index is 0.0111. The molecule has 2 rings (SSSR count). The van der Waals surface area contributed by atoms with Gasteiger partial charge in [-0.2, -0.15) is 10.1 Å². The van der Waals surface area contributed by atoms with E-state index in [2.05, 4.69) is 10.1 Å². The van der Waals surface area contributed by atoms with E-state index in [-0.39, 0.29) is 5.91 Å². The molecule has 4 nitrogen and oxygen atoms in total. The van der Waals surface area contributed by atoms with Gasteiger partial charge in [0.15, 0.2) is 0 Å². The Kier molecular flexibility index (Phi) is 1.59. The third-order valence-electron chi connectivity index (χ3n) is 1.59. The molecule has 60 valence electrons. The largest absolute Gasteiger partial charge is 0.272 e. The molecule has 0 aromatic carbocycles. The van der Waals surface area contributed by atoms with Crippen molar-refractivity contribution in [1.82, 2.24) is 4.98 Å². The molecular formula is C8H7N3O. The number of carbonyl (C=O) groups excluding carboxylic acids is 1. The van der Waals surface area contributed by atoms with Crippen LogP contribution in [0.4, 0.5) is 5.69 Å². The summed E-state index contributed by atoms with van der Waals surface area (Å²) in [4.78, 5) is 15.0. The van der Waals surface area contributed by atoms with E-state index in [1.165, 1.54) is 5.01 Å². The van der Waals surface area contributed by atoms with E-state index >= 15 is 0 Å². The lowest BCUT2D eigenvalue weighted by Crippen LogP contribution is -2.19. The van der Waals surface area contributed by atoms with Gasteiger partial charge in [0.05, 0.1) is 18.3 Å². The molecule has 0 N–H and O–H groups in total. The van der Waals surface area contributed by atoms with Crippen molar-refractivity contribution >= 4 is 17.8 Å². The Hall–Kier alpha value is -1.71. The van der Waals surface area contributed by atoms with Crippen LogP contribution < -0.4 is 5.01 Å². The van der Waals surface area contributed by atoms with Gasteiger partial charge in [-0.1, -0.05) is 0 Å². The van der Waals surface area contributed by atoms with Crippen LogP contribution in [0, 0.1) is 0 Å². The first-order chi connectivity index (χ1) is 5.88. The third kappa shape index (κ3) is 1.07. The molecule has 0 unspecified atom stereocenters. The number of hydrogen-bond donors (Lipinski definition) is 0. The van der Waals surface area contributed by atoms with Crippen molar-refractivity contribution in [2.24, 2.45) is 5.10 Å². The van der Waals surface area contributed by atoms with Gasteiger partial charge in [0.1, 0.15) is 0 Å². The van der Waals surface area contributed by atoms with Gasteiger partial charge in [-0.25, -0.2) is 0 Å². The lowest BCUT2D eigenvalue weighted by atomic mass is 10.4. The fraction of sp³-hybridized carbons (Fsp3) is 0.125. The standard InChI is InChI=1S/C8H7N3O/c12-8-3-5-10-11(8)7-2-1-4-9-6-7/h1-2,4-6H,3H2. The summed E-state index contributed by atoms with van der Waals surface area (Å²) in [5, 5.41) is 5.26. The van der Waals surface area contributed by atoms with Crippen LogP contribution in [0.2, 0.25) is 0 Å². The van der Waals surface area contributed by atoms with Crippen LogP contribution in [-0.4, -0.2) is 17.1 Å². The van der Waals surface area contributed by atoms with Gasteiger partial charge in [-0.15, -0.1) is 0 Å². The quantitative estimate of drug-likeness (QED) is 0.611. The van der Waals surface area contributed by atoms with E-state index in [1.54, 1.807) is 30.7 Å². The SMILES string of the molecule is O=C1CC=NN1c1cccnc1. The average molecular weight is 161 g/mol. The highest BCUT2D eigenvalue weighted by Gasteiger charge is 2.17. The number of nitrogens with zero attached hydrogens (tertiary/aromatic N) is 3. The number of rotatable bonds is 1. The maximum atomic E-state index is 11.1. The number of anilines is 1. The predicted molar refractivity (Wildman–Crippen MR) is 44.8 cm³/mol. The molecule has 0 atom stereocenters. The molecule has 0 spiro atoms. The molecule has 1 aromatic heterocycles. The van der Waals surface area contributed by atoms with Crippen LogP contribution in [0.25, 0.3) is 0 Å². The molecule has 1 amide bonds. The van der Waals surface area contributed by atoms with Gasteiger partial charge in [-0.3, -0.25) is 9.78 Å². The van der Waals surface area contributed by atoms with Crippen LogP contribution in [0.15, 0.2) is 29.6 Å². The van der Waals surface area contributed by atoms with Crippen LogP contribution in [0.1, 0.15) is 6.42 Å². The predicted octanol–water partition coefficient (Wildman–Crippen LogP) is 0.804. The summed E-state index contributed by atoms with van der Waals surface area (Å²) in [5.74, 6) is -0.0111. The van der Waals surface area contributed by atoms with E-state index in [1.807, 2.05) is 0 Å². The Bertz CT molecular complexity index is 320. The summed E-state index contributed by atoms with van der Waals surface area (Å²) in [7, 11) is 0. The zero-order valence-corrected chi connectivity index (χ0v) is 6.34. The molecule has 1 aromatic rings. The van der Waals surface area contributed by atoms with Crippen molar-refractivity contribution < 1.29 is 4.79 Å². The number of carbonyl (C=O) groups is 1. The van der Waals surface area contributed by atoms with Crippen LogP contribution >= 0.6 is 0 Å². The Morgan fingerprint density at radius 2 is 2.42 bits per heavy atom. The van der Waals surface area contributed by atoms with E-state index in [4.69, 9.17) is 0 Å². The molecular weight excluding hydrogens is 154 g/mol. The Labute approximate surface area is 69.5 Å². The first-order valence-corrected chi connectivity index (χ1v) is 3.63. The van der Waals surface area contributed by atoms with Crippen LogP contribution in [0.3, 0.4) is 0 Å². The van der Waals surface area contributed by atoms with Gasteiger partial charge in [0.25, 0.3) is 5.91 Å².